The number of phenols is 4. The van der Waals surface area contributed by atoms with E-state index in [1.807, 2.05) is 24.3 Å². The Balaban J connectivity index is 0.000000201. The van der Waals surface area contributed by atoms with Gasteiger partial charge in [-0.25, -0.2) is 0 Å². The number of likely N-dealkylation sites (tertiary alicyclic amines) is 4. The zero-order valence-electron chi connectivity index (χ0n) is 42.3. The zero-order chi connectivity index (χ0) is 47.8. The fourth-order valence-corrected chi connectivity index (χ4v) is 11.4. The summed E-state index contributed by atoms with van der Waals surface area (Å²) in [6.07, 6.45) is 19.0. The van der Waals surface area contributed by atoms with Crippen LogP contribution in [0, 0.1) is 0 Å². The molecular weight excluding hydrogens is 841 g/mol. The summed E-state index contributed by atoms with van der Waals surface area (Å²) in [4.78, 5) is 9.85. The van der Waals surface area contributed by atoms with Gasteiger partial charge in [-0.2, -0.15) is 0 Å². The summed E-state index contributed by atoms with van der Waals surface area (Å²) in [5, 5.41) is 42.3. The van der Waals surface area contributed by atoms with Crippen LogP contribution in [-0.2, 0) is 26.2 Å². The summed E-state index contributed by atoms with van der Waals surface area (Å²) in [5.74, 6) is 1.60. The minimum absolute atomic E-state index is 0.399. The smallest absolute Gasteiger partial charge is 0.120 e. The number of allylic oxidation sites excluding steroid dienone is 4. The molecule has 4 aromatic carbocycles. The van der Waals surface area contributed by atoms with Crippen molar-refractivity contribution in [2.75, 3.05) is 52.4 Å². The summed E-state index contributed by atoms with van der Waals surface area (Å²) >= 11 is 0. The van der Waals surface area contributed by atoms with Crippen molar-refractivity contribution in [1.82, 2.24) is 19.6 Å². The van der Waals surface area contributed by atoms with Crippen molar-refractivity contribution in [3.05, 3.63) is 117 Å². The van der Waals surface area contributed by atoms with Crippen molar-refractivity contribution >= 4 is 22.3 Å². The number of piperidine rings is 4. The molecule has 4 aliphatic heterocycles. The van der Waals surface area contributed by atoms with Crippen LogP contribution in [0.25, 0.3) is 22.3 Å². The van der Waals surface area contributed by atoms with Crippen LogP contribution < -0.4 is 0 Å². The Morgan fingerprint density at radius 1 is 0.309 bits per heavy atom. The first-order valence-electron chi connectivity index (χ1n) is 26.8. The average molecular weight is 925 g/mol. The van der Waals surface area contributed by atoms with Gasteiger partial charge >= 0.3 is 0 Å². The molecule has 0 bridgehead atoms. The van der Waals surface area contributed by atoms with Gasteiger partial charge in [0.1, 0.15) is 23.0 Å². The second-order valence-corrected chi connectivity index (χ2v) is 20.0. The van der Waals surface area contributed by atoms with Gasteiger partial charge in [-0.15, -0.1) is 0 Å². The number of rotatable bonds is 16. The molecule has 0 spiro atoms. The monoisotopic (exact) mass is 925 g/mol. The third-order valence-corrected chi connectivity index (χ3v) is 15.2. The van der Waals surface area contributed by atoms with Crippen LogP contribution in [0.15, 0.2) is 72.8 Å². The first kappa shape index (κ1) is 51.3. The van der Waals surface area contributed by atoms with E-state index in [0.717, 1.165) is 126 Å². The number of benzene rings is 4. The molecular formula is C60H84N4O4. The molecule has 0 unspecified atom stereocenters. The minimum Gasteiger partial charge on any atom is -0.508 e. The standard InChI is InChI=1S/2C30H42N2O2/c2*1-3-27(23-11-13-29(33)25(19-23)21-31-15-7-5-8-16-31)28(4-2)24-12-14-30(34)26(20-24)22-32-17-9-6-10-18-32/h2*11-14,19-20,33-34H,3-10,15-18,21-22H2,1-2H3/b28-27+;28-27-. The van der Waals surface area contributed by atoms with E-state index >= 15 is 0 Å². The molecule has 4 aromatic rings. The van der Waals surface area contributed by atoms with Crippen LogP contribution in [0.4, 0.5) is 0 Å². The maximum absolute atomic E-state index is 10.6. The molecule has 4 N–H and O–H groups in total. The van der Waals surface area contributed by atoms with Crippen LogP contribution in [0.5, 0.6) is 23.0 Å². The van der Waals surface area contributed by atoms with E-state index in [1.165, 1.54) is 122 Å². The van der Waals surface area contributed by atoms with Crippen LogP contribution in [0.2, 0.25) is 0 Å². The van der Waals surface area contributed by atoms with Crippen molar-refractivity contribution in [1.29, 1.82) is 0 Å². The Kier molecular flexibility index (Phi) is 19.5. The van der Waals surface area contributed by atoms with Gasteiger partial charge in [0.25, 0.3) is 0 Å². The number of hydrogen-bond acceptors (Lipinski definition) is 8. The zero-order valence-corrected chi connectivity index (χ0v) is 42.3. The van der Waals surface area contributed by atoms with Crippen molar-refractivity contribution in [2.24, 2.45) is 0 Å². The van der Waals surface area contributed by atoms with E-state index in [1.54, 1.807) is 0 Å². The predicted octanol–water partition coefficient (Wildman–Crippen LogP) is 13.6. The highest BCUT2D eigenvalue weighted by atomic mass is 16.3. The van der Waals surface area contributed by atoms with Crippen LogP contribution >= 0.6 is 0 Å². The van der Waals surface area contributed by atoms with Gasteiger partial charge in [-0.05, 0) is 222 Å². The second-order valence-electron chi connectivity index (χ2n) is 20.0. The van der Waals surface area contributed by atoms with Crippen molar-refractivity contribution in [2.45, 2.75) is 157 Å². The van der Waals surface area contributed by atoms with E-state index in [-0.39, 0.29) is 0 Å². The van der Waals surface area contributed by atoms with Gasteiger partial charge < -0.3 is 20.4 Å². The maximum Gasteiger partial charge on any atom is 0.120 e. The molecule has 8 heteroatoms. The van der Waals surface area contributed by atoms with Crippen LogP contribution in [0.3, 0.4) is 0 Å². The molecule has 4 aliphatic rings. The van der Waals surface area contributed by atoms with Crippen molar-refractivity contribution < 1.29 is 20.4 Å². The fourth-order valence-electron chi connectivity index (χ4n) is 11.4. The molecule has 368 valence electrons. The highest BCUT2D eigenvalue weighted by Crippen LogP contribution is 2.38. The summed E-state index contributed by atoms with van der Waals surface area (Å²) in [6, 6.07) is 24.6. The Morgan fingerprint density at radius 2 is 0.500 bits per heavy atom. The number of hydrogen-bond donors (Lipinski definition) is 4. The lowest BCUT2D eigenvalue weighted by Gasteiger charge is -2.27. The SMILES string of the molecule is CC/C(=C(/CC)c1ccc(O)c(CN2CCCCC2)c1)c1ccc(O)c(CN2CCCCC2)c1.CC/C(=C(\CC)c1ccc(O)c(CN2CCCCC2)c1)c1ccc(O)c(CN2CCCCC2)c1. The molecule has 0 aliphatic carbocycles. The largest absolute Gasteiger partial charge is 0.508 e. The molecule has 0 saturated carbocycles. The Morgan fingerprint density at radius 3 is 0.676 bits per heavy atom. The first-order chi connectivity index (χ1) is 33.2. The van der Waals surface area contributed by atoms with Crippen molar-refractivity contribution in [3.63, 3.8) is 0 Å². The van der Waals surface area contributed by atoms with Gasteiger partial charge in [-0.1, -0.05) is 77.6 Å². The first-order valence-corrected chi connectivity index (χ1v) is 26.8. The number of nitrogens with zero attached hydrogens (tertiary/aromatic N) is 4. The van der Waals surface area contributed by atoms with E-state index in [4.69, 9.17) is 0 Å². The van der Waals surface area contributed by atoms with E-state index in [9.17, 15) is 20.4 Å². The molecule has 0 radical (unpaired) electrons. The number of aromatic hydroxyl groups is 4. The lowest BCUT2D eigenvalue weighted by molar-refractivity contribution is 0.218. The van der Waals surface area contributed by atoms with Crippen LogP contribution in [0.1, 0.15) is 175 Å². The quantitative estimate of drug-likeness (QED) is 0.0826. The molecule has 4 saturated heterocycles. The third-order valence-electron chi connectivity index (χ3n) is 15.2. The minimum atomic E-state index is 0.399. The molecule has 68 heavy (non-hydrogen) atoms. The Bertz CT molecular complexity index is 1970. The summed E-state index contributed by atoms with van der Waals surface area (Å²) < 4.78 is 0. The molecule has 8 rings (SSSR count). The topological polar surface area (TPSA) is 93.9 Å². The van der Waals surface area contributed by atoms with Gasteiger partial charge in [0.2, 0.25) is 0 Å². The summed E-state index contributed by atoms with van der Waals surface area (Å²) in [6.45, 7) is 21.1. The molecule has 0 aromatic heterocycles. The third kappa shape index (κ3) is 13.8. The van der Waals surface area contributed by atoms with Gasteiger partial charge in [0.15, 0.2) is 0 Å². The van der Waals surface area contributed by atoms with Gasteiger partial charge in [0.05, 0.1) is 0 Å². The summed E-state index contributed by atoms with van der Waals surface area (Å²) in [5.41, 5.74) is 14.2. The second kappa shape index (κ2) is 25.8. The molecule has 4 fully saturated rings. The molecule has 0 atom stereocenters. The van der Waals surface area contributed by atoms with Crippen molar-refractivity contribution in [3.8, 4) is 23.0 Å². The Labute approximate surface area is 410 Å². The summed E-state index contributed by atoms with van der Waals surface area (Å²) in [7, 11) is 0. The lowest BCUT2D eigenvalue weighted by atomic mass is 9.89. The predicted molar refractivity (Wildman–Crippen MR) is 284 cm³/mol. The van der Waals surface area contributed by atoms with Gasteiger partial charge in [0, 0.05) is 48.4 Å². The van der Waals surface area contributed by atoms with E-state index < -0.39 is 0 Å². The van der Waals surface area contributed by atoms with Crippen LogP contribution in [-0.4, -0.2) is 92.4 Å². The molecule has 8 nitrogen and oxygen atoms in total. The normalized spacial score (nSPS) is 18.6. The molecule has 4 heterocycles. The lowest BCUT2D eigenvalue weighted by Crippen LogP contribution is -2.29. The van der Waals surface area contributed by atoms with Gasteiger partial charge in [-0.3, -0.25) is 19.6 Å². The highest BCUT2D eigenvalue weighted by molar-refractivity contribution is 5.92. The van der Waals surface area contributed by atoms with E-state index in [2.05, 4.69) is 95.8 Å². The Hall–Kier alpha value is -4.60. The maximum atomic E-state index is 10.6. The number of phenolic OH excluding ortho intramolecular Hbond substituents is 4. The highest BCUT2D eigenvalue weighted by Gasteiger charge is 2.20. The molecule has 0 amide bonds. The fraction of sp³-hybridized carbons (Fsp3) is 0.533. The van der Waals surface area contributed by atoms with E-state index in [0.29, 0.717) is 23.0 Å². The average Bonchev–Trinajstić information content (AvgIpc) is 3.37.